The number of allylic oxidation sites excluding steroid dienone is 18. The molecule has 0 heterocycles. The number of ether oxygens (including phenoxy) is 3. The minimum Gasteiger partial charge on any atom is -0.462 e. The zero-order chi connectivity index (χ0) is 58.5. The third-order valence-corrected chi connectivity index (χ3v) is 14.8. The van der Waals surface area contributed by atoms with Crippen molar-refractivity contribution in [1.82, 2.24) is 0 Å². The second-order valence-electron chi connectivity index (χ2n) is 22.7. The van der Waals surface area contributed by atoms with Gasteiger partial charge < -0.3 is 14.2 Å². The number of carbonyl (C=O) groups excluding carboxylic acids is 3. The molecular formula is C75H128O6. The molecule has 6 nitrogen and oxygen atoms in total. The first-order valence-corrected chi connectivity index (χ1v) is 34.4. The zero-order valence-electron chi connectivity index (χ0n) is 53.3. The van der Waals surface area contributed by atoms with E-state index in [0.717, 1.165) is 122 Å². The van der Waals surface area contributed by atoms with Gasteiger partial charge in [0.1, 0.15) is 13.2 Å². The van der Waals surface area contributed by atoms with Gasteiger partial charge in [-0.15, -0.1) is 0 Å². The smallest absolute Gasteiger partial charge is 0.306 e. The van der Waals surface area contributed by atoms with Gasteiger partial charge in [-0.25, -0.2) is 0 Å². The van der Waals surface area contributed by atoms with Crippen LogP contribution >= 0.6 is 0 Å². The third-order valence-electron chi connectivity index (χ3n) is 14.8. The van der Waals surface area contributed by atoms with Crippen molar-refractivity contribution in [3.05, 3.63) is 109 Å². The number of carbonyl (C=O) groups is 3. The fourth-order valence-electron chi connectivity index (χ4n) is 9.63. The average molecular weight is 1130 g/mol. The van der Waals surface area contributed by atoms with E-state index in [0.29, 0.717) is 19.3 Å². The Balaban J connectivity index is 4.36. The van der Waals surface area contributed by atoms with Gasteiger partial charge in [-0.2, -0.15) is 0 Å². The summed E-state index contributed by atoms with van der Waals surface area (Å²) in [5.41, 5.74) is 0. The Hall–Kier alpha value is -3.93. The quantitative estimate of drug-likeness (QED) is 0.0261. The Bertz CT molecular complexity index is 1620. The van der Waals surface area contributed by atoms with Crippen LogP contribution in [0.4, 0.5) is 0 Å². The molecule has 1 unspecified atom stereocenters. The van der Waals surface area contributed by atoms with Crippen LogP contribution in [0.15, 0.2) is 109 Å². The molecule has 0 aliphatic heterocycles. The molecule has 0 bridgehead atoms. The lowest BCUT2D eigenvalue weighted by Gasteiger charge is -2.18. The topological polar surface area (TPSA) is 78.9 Å². The molecule has 0 N–H and O–H groups in total. The largest absolute Gasteiger partial charge is 0.462 e. The molecule has 0 fully saturated rings. The van der Waals surface area contributed by atoms with Crippen LogP contribution in [0.25, 0.3) is 0 Å². The molecule has 0 saturated heterocycles. The van der Waals surface area contributed by atoms with Crippen LogP contribution in [-0.4, -0.2) is 37.2 Å². The Kier molecular flexibility index (Phi) is 65.2. The second kappa shape index (κ2) is 68.6. The van der Waals surface area contributed by atoms with E-state index in [1.165, 1.54) is 167 Å². The van der Waals surface area contributed by atoms with Crippen molar-refractivity contribution in [2.45, 2.75) is 335 Å². The van der Waals surface area contributed by atoms with Gasteiger partial charge in [0.2, 0.25) is 0 Å². The van der Waals surface area contributed by atoms with Crippen LogP contribution in [0.3, 0.4) is 0 Å². The summed E-state index contributed by atoms with van der Waals surface area (Å²) in [5.74, 6) is -0.890. The summed E-state index contributed by atoms with van der Waals surface area (Å²) in [6, 6.07) is 0. The molecule has 0 aliphatic rings. The van der Waals surface area contributed by atoms with Crippen molar-refractivity contribution in [1.29, 1.82) is 0 Å². The zero-order valence-corrected chi connectivity index (χ0v) is 53.3. The number of hydrogen-bond acceptors (Lipinski definition) is 6. The Morgan fingerprint density at radius 3 is 0.753 bits per heavy atom. The highest BCUT2D eigenvalue weighted by Crippen LogP contribution is 2.16. The minimum atomic E-state index is -0.788. The van der Waals surface area contributed by atoms with Crippen LogP contribution in [0.2, 0.25) is 0 Å². The molecule has 1 atom stereocenters. The number of unbranched alkanes of at least 4 members (excludes halogenated alkanes) is 33. The third kappa shape index (κ3) is 66.8. The van der Waals surface area contributed by atoms with Gasteiger partial charge in [-0.3, -0.25) is 14.4 Å². The van der Waals surface area contributed by atoms with Crippen molar-refractivity contribution in [2.75, 3.05) is 13.2 Å². The molecule has 0 saturated carbocycles. The van der Waals surface area contributed by atoms with E-state index < -0.39 is 6.10 Å². The number of esters is 3. The van der Waals surface area contributed by atoms with E-state index in [1.54, 1.807) is 0 Å². The average Bonchev–Trinajstić information content (AvgIpc) is 3.46. The van der Waals surface area contributed by atoms with Gasteiger partial charge in [0.05, 0.1) is 0 Å². The lowest BCUT2D eigenvalue weighted by atomic mass is 10.0. The molecule has 0 spiro atoms. The SMILES string of the molecule is CC/C=C\C/C=C\C/C=C\C/C=C\C/C=C\C/C=C\CCCCCCCCC(=O)OCC(COC(=O)CCCCCCCCCCCCCCC)OC(=O)CCCCCCCCCCCC/C=C\C/C=C\C/C=C\CCCCCCC. The lowest BCUT2D eigenvalue weighted by Crippen LogP contribution is -2.30. The van der Waals surface area contributed by atoms with E-state index >= 15 is 0 Å². The van der Waals surface area contributed by atoms with Crippen molar-refractivity contribution in [3.63, 3.8) is 0 Å². The summed E-state index contributed by atoms with van der Waals surface area (Å²) >= 11 is 0. The van der Waals surface area contributed by atoms with Gasteiger partial charge in [-0.05, 0) is 109 Å². The monoisotopic (exact) mass is 1120 g/mol. The molecular weight excluding hydrogens is 997 g/mol. The minimum absolute atomic E-state index is 0.0825. The molecule has 464 valence electrons. The van der Waals surface area contributed by atoms with Gasteiger partial charge in [0, 0.05) is 19.3 Å². The summed E-state index contributed by atoms with van der Waals surface area (Å²) in [6.07, 6.45) is 93.8. The first kappa shape index (κ1) is 77.1. The van der Waals surface area contributed by atoms with Gasteiger partial charge >= 0.3 is 17.9 Å². The molecule has 0 aromatic carbocycles. The molecule has 0 aromatic rings. The first-order valence-electron chi connectivity index (χ1n) is 34.4. The molecule has 81 heavy (non-hydrogen) atoms. The van der Waals surface area contributed by atoms with Gasteiger partial charge in [0.25, 0.3) is 0 Å². The van der Waals surface area contributed by atoms with Crippen LogP contribution in [-0.2, 0) is 28.6 Å². The first-order chi connectivity index (χ1) is 40.0. The summed E-state index contributed by atoms with van der Waals surface area (Å²) in [6.45, 7) is 6.53. The van der Waals surface area contributed by atoms with Gasteiger partial charge in [0.15, 0.2) is 6.10 Å². The molecule has 0 aromatic heterocycles. The van der Waals surface area contributed by atoms with Crippen LogP contribution in [0.1, 0.15) is 329 Å². The summed E-state index contributed by atoms with van der Waals surface area (Å²) in [4.78, 5) is 38.4. The molecule has 0 aliphatic carbocycles. The van der Waals surface area contributed by atoms with E-state index in [2.05, 4.69) is 130 Å². The van der Waals surface area contributed by atoms with Crippen molar-refractivity contribution in [2.24, 2.45) is 0 Å². The predicted octanol–water partition coefficient (Wildman–Crippen LogP) is 23.8. The fraction of sp³-hybridized carbons (Fsp3) is 0.720. The molecule has 0 amide bonds. The fourth-order valence-corrected chi connectivity index (χ4v) is 9.63. The van der Waals surface area contributed by atoms with Crippen molar-refractivity contribution >= 4 is 17.9 Å². The van der Waals surface area contributed by atoms with Crippen LogP contribution in [0, 0.1) is 0 Å². The summed E-state index contributed by atoms with van der Waals surface area (Å²) in [5, 5.41) is 0. The molecule has 0 rings (SSSR count). The van der Waals surface area contributed by atoms with Crippen molar-refractivity contribution < 1.29 is 28.6 Å². The standard InChI is InChI=1S/C75H128O6/c1-4-7-10-13-16-19-22-25-27-29-31-33-35-37-39-41-43-45-47-50-53-56-59-62-65-68-74(77)80-71-72(70-79-73(76)67-64-61-58-55-52-49-24-21-18-15-12-9-6-3)81-75(78)69-66-63-60-57-54-51-48-46-44-42-40-38-36-34-32-30-28-26-23-20-17-14-11-8-5-2/h7,10,16,19,23,25-27,30-33,36-39,43,45,72H,4-6,8-9,11-15,17-18,20-22,24,28-29,34-35,40-42,44,46-71H2,1-3H3/b10-7-,19-16-,26-23-,27-25-,32-30-,33-31-,38-36-,39-37-,45-43-. The Labute approximate surface area is 501 Å². The highest BCUT2D eigenvalue weighted by atomic mass is 16.6. The predicted molar refractivity (Wildman–Crippen MR) is 353 cm³/mol. The van der Waals surface area contributed by atoms with Gasteiger partial charge in [-0.1, -0.05) is 310 Å². The maximum Gasteiger partial charge on any atom is 0.306 e. The number of hydrogen-bond donors (Lipinski definition) is 0. The maximum atomic E-state index is 13.0. The summed E-state index contributed by atoms with van der Waals surface area (Å²) < 4.78 is 17.0. The molecule has 6 heteroatoms. The van der Waals surface area contributed by atoms with E-state index in [-0.39, 0.29) is 31.1 Å². The van der Waals surface area contributed by atoms with E-state index in [9.17, 15) is 14.4 Å². The Morgan fingerprint density at radius 1 is 0.259 bits per heavy atom. The maximum absolute atomic E-state index is 13.0. The lowest BCUT2D eigenvalue weighted by molar-refractivity contribution is -0.167. The second-order valence-corrected chi connectivity index (χ2v) is 22.7. The summed E-state index contributed by atoms with van der Waals surface area (Å²) in [7, 11) is 0. The van der Waals surface area contributed by atoms with E-state index in [1.807, 2.05) is 0 Å². The Morgan fingerprint density at radius 2 is 0.481 bits per heavy atom. The van der Waals surface area contributed by atoms with E-state index in [4.69, 9.17) is 14.2 Å². The van der Waals surface area contributed by atoms with Crippen LogP contribution < -0.4 is 0 Å². The van der Waals surface area contributed by atoms with Crippen LogP contribution in [0.5, 0.6) is 0 Å². The highest BCUT2D eigenvalue weighted by molar-refractivity contribution is 5.71. The van der Waals surface area contributed by atoms with Crippen molar-refractivity contribution in [3.8, 4) is 0 Å². The normalized spacial score (nSPS) is 12.8. The highest BCUT2D eigenvalue weighted by Gasteiger charge is 2.19. The number of rotatable bonds is 62. The molecule has 0 radical (unpaired) electrons.